The van der Waals surface area contributed by atoms with E-state index in [2.05, 4.69) is 11.9 Å². The van der Waals surface area contributed by atoms with Crippen molar-refractivity contribution in [1.82, 2.24) is 4.98 Å². The van der Waals surface area contributed by atoms with Gasteiger partial charge in [-0.25, -0.2) is 0 Å². The maximum Gasteiger partial charge on any atom is 0.0719 e. The summed E-state index contributed by atoms with van der Waals surface area (Å²) < 4.78 is 0. The number of halogens is 1. The van der Waals surface area contributed by atoms with Crippen molar-refractivity contribution in [3.05, 3.63) is 48.0 Å². The summed E-state index contributed by atoms with van der Waals surface area (Å²) in [6, 6.07) is 7.84. The van der Waals surface area contributed by atoms with Gasteiger partial charge in [-0.05, 0) is 31.0 Å². The second-order valence-corrected chi connectivity index (χ2v) is 3.30. The number of benzene rings is 1. The third kappa shape index (κ3) is 1.52. The molecule has 0 saturated carbocycles. The fourth-order valence-electron chi connectivity index (χ4n) is 1.31. The molecule has 0 aliphatic heterocycles. The molecule has 2 heteroatoms. The topological polar surface area (TPSA) is 12.9 Å². The molecule has 1 aromatic heterocycles. The molecule has 0 fully saturated rings. The van der Waals surface area contributed by atoms with Crippen molar-refractivity contribution < 1.29 is 0 Å². The van der Waals surface area contributed by atoms with E-state index in [0.29, 0.717) is 0 Å². The molecule has 1 aromatic carbocycles. The van der Waals surface area contributed by atoms with Gasteiger partial charge < -0.3 is 0 Å². The van der Waals surface area contributed by atoms with Crippen LogP contribution in [-0.4, -0.2) is 4.98 Å². The van der Waals surface area contributed by atoms with Crippen molar-refractivity contribution in [1.29, 1.82) is 0 Å². The Kier molecular flexibility index (Phi) is 2.19. The predicted octanol–water partition coefficient (Wildman–Crippen LogP) is 3.26. The first-order chi connectivity index (χ1) is 6.31. The van der Waals surface area contributed by atoms with Crippen LogP contribution < -0.4 is 0 Å². The molecule has 0 amide bonds. The van der Waals surface area contributed by atoms with E-state index >= 15 is 0 Å². The van der Waals surface area contributed by atoms with Crippen molar-refractivity contribution >= 4 is 22.5 Å². The highest BCUT2D eigenvalue weighted by molar-refractivity contribution is 6.35. The first-order valence-corrected chi connectivity index (χ1v) is 4.51. The Morgan fingerprint density at radius 1 is 1.31 bits per heavy atom. The zero-order valence-corrected chi connectivity index (χ0v) is 7.88. The summed E-state index contributed by atoms with van der Waals surface area (Å²) in [5.74, 6) is 0. The molecule has 0 unspecified atom stereocenters. The fraction of sp³-hybridized carbons (Fsp3) is 0.0909. The van der Waals surface area contributed by atoms with Crippen LogP contribution in [0.5, 0.6) is 0 Å². The molecule has 2 rings (SSSR count). The summed E-state index contributed by atoms with van der Waals surface area (Å²) in [6.45, 7) is 3.82. The molecule has 0 aliphatic carbocycles. The van der Waals surface area contributed by atoms with E-state index in [1.807, 2.05) is 18.2 Å². The fourth-order valence-corrected chi connectivity index (χ4v) is 1.53. The molecule has 1 nitrogen and oxygen atoms in total. The zero-order valence-electron chi connectivity index (χ0n) is 7.13. The minimum Gasteiger partial charge on any atom is -0.256 e. The van der Waals surface area contributed by atoms with E-state index in [0.717, 1.165) is 22.3 Å². The lowest BCUT2D eigenvalue weighted by molar-refractivity contribution is 1.27. The van der Waals surface area contributed by atoms with E-state index in [-0.39, 0.29) is 0 Å². The molecule has 0 spiro atoms. The first kappa shape index (κ1) is 8.52. The summed E-state index contributed by atoms with van der Waals surface area (Å²) in [7, 11) is 0. The second kappa shape index (κ2) is 3.35. The van der Waals surface area contributed by atoms with Gasteiger partial charge in [0.2, 0.25) is 0 Å². The number of hydrogen-bond acceptors (Lipinski definition) is 1. The Hall–Kier alpha value is -1.08. The molecule has 0 aliphatic rings. The lowest BCUT2D eigenvalue weighted by atomic mass is 10.1. The van der Waals surface area contributed by atoms with E-state index in [1.54, 1.807) is 12.3 Å². The Morgan fingerprint density at radius 2 is 2.15 bits per heavy atom. The van der Waals surface area contributed by atoms with Crippen molar-refractivity contribution in [2.75, 3.05) is 0 Å². The SMILES string of the molecule is [CH2]Cc1ccc2c(Cl)ccnc2c1. The maximum absolute atomic E-state index is 6.00. The Bertz CT molecular complexity index is 437. The van der Waals surface area contributed by atoms with Crippen LogP contribution in [0.3, 0.4) is 0 Å². The highest BCUT2D eigenvalue weighted by Gasteiger charge is 1.99. The van der Waals surface area contributed by atoms with Gasteiger partial charge in [0.25, 0.3) is 0 Å². The van der Waals surface area contributed by atoms with Gasteiger partial charge in [0.15, 0.2) is 0 Å². The lowest BCUT2D eigenvalue weighted by Crippen LogP contribution is -1.83. The molecule has 1 radical (unpaired) electrons. The van der Waals surface area contributed by atoms with Crippen LogP contribution in [0.15, 0.2) is 30.5 Å². The van der Waals surface area contributed by atoms with Gasteiger partial charge in [0, 0.05) is 11.6 Å². The first-order valence-electron chi connectivity index (χ1n) is 4.13. The Morgan fingerprint density at radius 3 is 2.92 bits per heavy atom. The highest BCUT2D eigenvalue weighted by Crippen LogP contribution is 2.22. The minimum atomic E-state index is 0.751. The van der Waals surface area contributed by atoms with Gasteiger partial charge in [-0.2, -0.15) is 0 Å². The van der Waals surface area contributed by atoms with E-state index in [1.165, 1.54) is 5.56 Å². The standard InChI is InChI=1S/C11H9ClN/c1-2-8-3-4-9-10(12)5-6-13-11(9)7-8/h3-7H,1-2H2. The molecule has 0 saturated heterocycles. The van der Waals surface area contributed by atoms with Crippen LogP contribution in [0.1, 0.15) is 5.56 Å². The van der Waals surface area contributed by atoms with E-state index < -0.39 is 0 Å². The van der Waals surface area contributed by atoms with Gasteiger partial charge in [-0.1, -0.05) is 23.7 Å². The molecule has 0 N–H and O–H groups in total. The van der Waals surface area contributed by atoms with E-state index in [4.69, 9.17) is 11.6 Å². The largest absolute Gasteiger partial charge is 0.256 e. The number of pyridine rings is 1. The lowest BCUT2D eigenvalue weighted by Gasteiger charge is -2.01. The number of aromatic nitrogens is 1. The molecule has 0 bridgehead atoms. The van der Waals surface area contributed by atoms with Crippen LogP contribution in [0.2, 0.25) is 5.02 Å². The molecule has 13 heavy (non-hydrogen) atoms. The Balaban J connectivity index is 2.72. The third-order valence-corrected chi connectivity index (χ3v) is 2.37. The normalized spacial score (nSPS) is 10.6. The third-order valence-electron chi connectivity index (χ3n) is 2.04. The smallest absolute Gasteiger partial charge is 0.0719 e. The quantitative estimate of drug-likeness (QED) is 0.673. The minimum absolute atomic E-state index is 0.751. The van der Waals surface area contributed by atoms with Gasteiger partial charge in [0.1, 0.15) is 0 Å². The summed E-state index contributed by atoms with van der Waals surface area (Å²) in [5.41, 5.74) is 2.12. The van der Waals surface area contributed by atoms with Crippen molar-refractivity contribution in [2.45, 2.75) is 6.42 Å². The van der Waals surface area contributed by atoms with Gasteiger partial charge in [-0.15, -0.1) is 0 Å². The molecule has 1 heterocycles. The molecular formula is C11H9ClN. The highest BCUT2D eigenvalue weighted by atomic mass is 35.5. The van der Waals surface area contributed by atoms with Crippen LogP contribution in [0, 0.1) is 6.92 Å². The van der Waals surface area contributed by atoms with Crippen LogP contribution in [0.25, 0.3) is 10.9 Å². The maximum atomic E-state index is 6.00. The van der Waals surface area contributed by atoms with Crippen LogP contribution >= 0.6 is 11.6 Å². The predicted molar refractivity (Wildman–Crippen MR) is 55.8 cm³/mol. The van der Waals surface area contributed by atoms with Crippen molar-refractivity contribution in [2.24, 2.45) is 0 Å². The molecular weight excluding hydrogens is 182 g/mol. The number of nitrogens with zero attached hydrogens (tertiary/aromatic N) is 1. The zero-order chi connectivity index (χ0) is 9.26. The van der Waals surface area contributed by atoms with Crippen molar-refractivity contribution in [3.8, 4) is 0 Å². The summed E-state index contributed by atoms with van der Waals surface area (Å²) in [6.07, 6.45) is 2.50. The summed E-state index contributed by atoms with van der Waals surface area (Å²) >= 11 is 6.00. The number of fused-ring (bicyclic) bond motifs is 1. The molecule has 0 atom stereocenters. The summed E-state index contributed by atoms with van der Waals surface area (Å²) in [4.78, 5) is 4.24. The monoisotopic (exact) mass is 190 g/mol. The van der Waals surface area contributed by atoms with Gasteiger partial charge >= 0.3 is 0 Å². The van der Waals surface area contributed by atoms with Gasteiger partial charge in [0.05, 0.1) is 10.5 Å². The summed E-state index contributed by atoms with van der Waals surface area (Å²) in [5, 5.41) is 1.75. The van der Waals surface area contributed by atoms with Crippen LogP contribution in [0.4, 0.5) is 0 Å². The average molecular weight is 191 g/mol. The van der Waals surface area contributed by atoms with Gasteiger partial charge in [-0.3, -0.25) is 4.98 Å². The van der Waals surface area contributed by atoms with E-state index in [9.17, 15) is 0 Å². The average Bonchev–Trinajstić information content (AvgIpc) is 2.18. The van der Waals surface area contributed by atoms with Crippen LogP contribution in [-0.2, 0) is 6.42 Å². The van der Waals surface area contributed by atoms with Crippen molar-refractivity contribution in [3.63, 3.8) is 0 Å². The number of rotatable bonds is 1. The number of hydrogen-bond donors (Lipinski definition) is 0. The molecule has 65 valence electrons. The molecule has 2 aromatic rings. The Labute approximate surface area is 82.4 Å². The second-order valence-electron chi connectivity index (χ2n) is 2.89.